The van der Waals surface area contributed by atoms with E-state index in [-0.39, 0.29) is 79.6 Å². The van der Waals surface area contributed by atoms with Gasteiger partial charge in [0.15, 0.2) is 0 Å². The van der Waals surface area contributed by atoms with Crippen LogP contribution in [0.3, 0.4) is 0 Å². The summed E-state index contributed by atoms with van der Waals surface area (Å²) in [6, 6.07) is 0. The minimum Gasteiger partial charge on any atom is -1.00 e. The Morgan fingerprint density at radius 3 is 0.754 bits per heavy atom. The Bertz CT molecular complexity index is 1540. The molecule has 0 radical (unpaired) electrons. The molecule has 11 nitrogen and oxygen atoms in total. The molecule has 0 aromatic rings. The molecule has 9 N–H and O–H groups in total. The van der Waals surface area contributed by atoms with Crippen LogP contribution in [0.25, 0.3) is 0 Å². The molecule has 65 heavy (non-hydrogen) atoms. The Kier molecular flexibility index (Phi) is 22.4. The van der Waals surface area contributed by atoms with Crippen LogP contribution in [0, 0.1) is 48.7 Å². The summed E-state index contributed by atoms with van der Waals surface area (Å²) >= 11 is 0. The van der Waals surface area contributed by atoms with Crippen LogP contribution in [0.1, 0.15) is 194 Å². The predicted molar refractivity (Wildman–Crippen MR) is 275 cm³/mol. The van der Waals surface area contributed by atoms with Crippen LogP contribution in [0.4, 0.5) is 0 Å². The van der Waals surface area contributed by atoms with Gasteiger partial charge in [-0.25, -0.2) is 0 Å². The second-order valence-electron chi connectivity index (χ2n) is 28.2. The Hall–Kier alpha value is -1.05. The minimum absolute atomic E-state index is 0. The van der Waals surface area contributed by atoms with Crippen molar-refractivity contribution < 1.29 is 46.0 Å². The number of Topliss-reactive ketones (excluding diaryl/α,β-unsaturated/α-hetero) is 1. The van der Waals surface area contributed by atoms with Gasteiger partial charge in [0.1, 0.15) is 11.3 Å². The third-order valence-electron chi connectivity index (χ3n) is 22.9. The highest BCUT2D eigenvalue weighted by molar-refractivity contribution is 5.86. The van der Waals surface area contributed by atoms with E-state index in [0.717, 1.165) is 8.97 Å². The fraction of sp³-hybridized carbons (Fsp3) is 0.942. The number of halogens is 2. The van der Waals surface area contributed by atoms with Crippen molar-refractivity contribution >= 4 is 30.1 Å². The van der Waals surface area contributed by atoms with Gasteiger partial charge in [0, 0.05) is 16.4 Å². The molecular weight excluding hydrogens is 860 g/mol. The average Bonchev–Trinajstić information content (AvgIpc) is 3.02. The summed E-state index contributed by atoms with van der Waals surface area (Å²) in [6.07, 6.45) is 0. The summed E-state index contributed by atoms with van der Waals surface area (Å²) in [5.74, 6) is -2.15. The smallest absolute Gasteiger partial charge is 0.323 e. The molecule has 0 aliphatic rings. The van der Waals surface area contributed by atoms with E-state index < -0.39 is 44.9 Å². The number of aliphatic carboxylic acids is 2. The molecule has 0 rings (SSSR count). The Balaban J connectivity index is -0.000000274. The second-order valence-corrected chi connectivity index (χ2v) is 28.2. The zero-order valence-corrected chi connectivity index (χ0v) is 50.6. The molecule has 0 saturated heterocycles. The largest absolute Gasteiger partial charge is 1.00 e. The first-order valence-corrected chi connectivity index (χ1v) is 23.1. The molecule has 3 unspecified atom stereocenters. The summed E-state index contributed by atoms with van der Waals surface area (Å²) in [4.78, 5) is 35.4. The van der Waals surface area contributed by atoms with Crippen molar-refractivity contribution in [3.63, 3.8) is 0 Å². The maximum Gasteiger partial charge on any atom is 0.323 e. The lowest BCUT2D eigenvalue weighted by Gasteiger charge is -2.64. The first-order valence-electron chi connectivity index (χ1n) is 23.1. The average molecular weight is 972 g/mol. The number of quaternary nitrogens is 2. The van der Waals surface area contributed by atoms with Crippen molar-refractivity contribution in [3.8, 4) is 0 Å². The van der Waals surface area contributed by atoms with Crippen molar-refractivity contribution in [2.75, 3.05) is 42.3 Å². The number of nitrogens with zero attached hydrogens (tertiary/aromatic N) is 2. The number of ketones is 1. The van der Waals surface area contributed by atoms with Gasteiger partial charge in [0.2, 0.25) is 0 Å². The van der Waals surface area contributed by atoms with Crippen molar-refractivity contribution in [1.29, 1.82) is 0 Å². The third-order valence-corrected chi connectivity index (χ3v) is 22.9. The van der Waals surface area contributed by atoms with E-state index >= 15 is 0 Å². The molecule has 0 spiro atoms. The lowest BCUT2D eigenvalue weighted by molar-refractivity contribution is -0.930. The summed E-state index contributed by atoms with van der Waals surface area (Å²) in [5.41, 5.74) is 17.8. The number of carbonyl (C=O) groups excluding carboxylic acids is 2. The Morgan fingerprint density at radius 2 is 0.585 bits per heavy atom. The SMILES string of the molecule is CC(=O)C(C)(N)C(C)(C)C(C)(C)C(C)(C)C(C)(C)[N+](C)(C)C.CC(C)(N)C(C)(C)C(C)(C)C(C)(C)C(C)(N)C(=O)O.CC(N)(C(=O)[O-])C(C)(C)C(C)(C)C(C)(C)C(C)(C)[N+](C)(C)C.Cl.[Cl-]. The van der Waals surface area contributed by atoms with Crippen LogP contribution in [0.2, 0.25) is 0 Å². The van der Waals surface area contributed by atoms with E-state index in [1.54, 1.807) is 20.8 Å². The monoisotopic (exact) mass is 971 g/mol. The molecule has 0 aromatic heterocycles. The van der Waals surface area contributed by atoms with Gasteiger partial charge in [0.25, 0.3) is 0 Å². The summed E-state index contributed by atoms with van der Waals surface area (Å²) < 4.78 is 1.62. The molecule has 0 bridgehead atoms. The number of carboxylic acids is 2. The zero-order valence-electron chi connectivity index (χ0n) is 49.1. The van der Waals surface area contributed by atoms with E-state index in [1.807, 2.05) is 48.5 Å². The molecule has 13 heteroatoms. The fourth-order valence-corrected chi connectivity index (χ4v) is 9.27. The quantitative estimate of drug-likeness (QED) is 0.110. The summed E-state index contributed by atoms with van der Waals surface area (Å²) in [6.45, 7) is 57.7. The number of nitrogens with two attached hydrogens (primary N) is 4. The summed E-state index contributed by atoms with van der Waals surface area (Å²) in [7, 11) is 13.2. The van der Waals surface area contributed by atoms with E-state index in [1.165, 1.54) is 0 Å². The van der Waals surface area contributed by atoms with Gasteiger partial charge in [-0.1, -0.05) is 125 Å². The predicted octanol–water partition coefficient (Wildman–Crippen LogP) is 5.90. The molecule has 0 fully saturated rings. The molecule has 0 amide bonds. The number of hydrogen-bond acceptors (Lipinski definition) is 8. The molecule has 0 aliphatic heterocycles. The maximum absolute atomic E-state index is 12.2. The fourth-order valence-electron chi connectivity index (χ4n) is 9.27. The van der Waals surface area contributed by atoms with Crippen molar-refractivity contribution in [2.24, 2.45) is 71.7 Å². The minimum atomic E-state index is -1.42. The highest BCUT2D eigenvalue weighted by Crippen LogP contribution is 2.63. The van der Waals surface area contributed by atoms with E-state index in [9.17, 15) is 24.6 Å². The molecule has 394 valence electrons. The number of hydrogen-bond donors (Lipinski definition) is 5. The Labute approximate surface area is 415 Å². The van der Waals surface area contributed by atoms with Crippen LogP contribution in [0.15, 0.2) is 0 Å². The number of rotatable bonds is 17. The molecular formula is C52H112Cl2N6O5. The molecule has 0 aliphatic carbocycles. The van der Waals surface area contributed by atoms with Gasteiger partial charge in [-0.15, -0.1) is 12.4 Å². The first-order chi connectivity index (χ1) is 26.3. The van der Waals surface area contributed by atoms with Gasteiger partial charge < -0.3 is 59.3 Å². The molecule has 0 saturated carbocycles. The maximum atomic E-state index is 12.2. The normalized spacial score (nSPS) is 17.5. The van der Waals surface area contributed by atoms with E-state index in [0.29, 0.717) is 0 Å². The molecule has 0 aromatic carbocycles. The van der Waals surface area contributed by atoms with Gasteiger partial charge in [-0.3, -0.25) is 9.59 Å². The van der Waals surface area contributed by atoms with Gasteiger partial charge in [-0.2, -0.15) is 0 Å². The highest BCUT2D eigenvalue weighted by Gasteiger charge is 2.65. The van der Waals surface area contributed by atoms with Crippen molar-refractivity contribution in [2.45, 2.75) is 227 Å². The van der Waals surface area contributed by atoms with Gasteiger partial charge in [-0.05, 0) is 107 Å². The lowest BCUT2D eigenvalue weighted by Crippen LogP contribution is -3.00. The van der Waals surface area contributed by atoms with Crippen LogP contribution >= 0.6 is 12.4 Å². The van der Waals surface area contributed by atoms with E-state index in [2.05, 4.69) is 167 Å². The molecule has 3 atom stereocenters. The van der Waals surface area contributed by atoms with Gasteiger partial charge in [0.05, 0.1) is 70.4 Å². The lowest BCUT2D eigenvalue weighted by atomic mass is 9.44. The third kappa shape index (κ3) is 11.4. The molecule has 0 heterocycles. The number of carboxylic acid groups (broad SMARTS) is 2. The van der Waals surface area contributed by atoms with E-state index in [4.69, 9.17) is 22.9 Å². The van der Waals surface area contributed by atoms with Gasteiger partial charge >= 0.3 is 5.97 Å². The standard InChI is InChI=1S/C19H41N2O.C18H38N2O2.C15H32N2O2.2ClH/c1-14(22)19(10,20)17(6,7)15(2,3)16(4,5)18(8,9)21(11,12)13;1-14(2,16(5,6)18(9,19)13(21)22)15(3,4)17(7,8)20(10,11)12;1-11(2,12(3,4)14(7,8)16)13(5,6)15(9,17)10(18)19;;/h20H2,1-13H3;19H2,1-12H3;16-17H2,1-9H3,(H,18,19);2*1H/q+1;;;;/p-1. The first kappa shape index (κ1) is 72.9. The van der Waals surface area contributed by atoms with Crippen molar-refractivity contribution in [3.05, 3.63) is 0 Å². The number of carbonyl (C=O) groups is 3. The summed E-state index contributed by atoms with van der Waals surface area (Å²) in [5, 5.41) is 21.1. The van der Waals surface area contributed by atoms with Crippen LogP contribution in [0.5, 0.6) is 0 Å². The van der Waals surface area contributed by atoms with Crippen LogP contribution < -0.4 is 40.4 Å². The van der Waals surface area contributed by atoms with Crippen molar-refractivity contribution in [1.82, 2.24) is 0 Å². The van der Waals surface area contributed by atoms with Crippen LogP contribution in [-0.4, -0.2) is 107 Å². The second kappa shape index (κ2) is 20.0. The van der Waals surface area contributed by atoms with Crippen LogP contribution in [-0.2, 0) is 14.4 Å². The Morgan fingerprint density at radius 1 is 0.385 bits per heavy atom. The zero-order chi connectivity index (χ0) is 53.2. The topological polar surface area (TPSA) is 199 Å². The highest BCUT2D eigenvalue weighted by atomic mass is 35.5.